The van der Waals surface area contributed by atoms with Crippen molar-refractivity contribution in [1.29, 1.82) is 0 Å². The second-order valence-electron chi connectivity index (χ2n) is 3.83. The first-order valence-electron chi connectivity index (χ1n) is 5.98. The van der Waals surface area contributed by atoms with E-state index in [0.29, 0.717) is 30.8 Å². The zero-order valence-corrected chi connectivity index (χ0v) is 12.1. The zero-order chi connectivity index (χ0) is 14.4. The lowest BCUT2D eigenvalue weighted by molar-refractivity contribution is 0.146. The van der Waals surface area contributed by atoms with Gasteiger partial charge in [-0.3, -0.25) is 4.98 Å². The molecule has 0 spiro atoms. The first-order valence-corrected chi connectivity index (χ1v) is 6.39. The molecular weight excluding hydrogens is 278 g/mol. The third kappa shape index (κ3) is 3.52. The summed E-state index contributed by atoms with van der Waals surface area (Å²) >= 11 is 5.02. The highest BCUT2D eigenvalue weighted by molar-refractivity contribution is 7.71. The van der Waals surface area contributed by atoms with Crippen molar-refractivity contribution in [3.05, 3.63) is 29.0 Å². The maximum Gasteiger partial charge on any atom is 0.297 e. The molecule has 0 saturated carbocycles. The van der Waals surface area contributed by atoms with E-state index >= 15 is 0 Å². The number of para-hydroxylation sites is 1. The molecule has 0 amide bonds. The Hall–Kier alpha value is -1.99. The third-order valence-corrected chi connectivity index (χ3v) is 2.69. The normalized spacial score (nSPS) is 10.3. The van der Waals surface area contributed by atoms with Crippen LogP contribution in [0.4, 0.5) is 0 Å². The average Bonchev–Trinajstić information content (AvgIpc) is 2.47. The second-order valence-corrected chi connectivity index (χ2v) is 4.19. The minimum Gasteiger partial charge on any atom is -0.490 e. The van der Waals surface area contributed by atoms with Crippen LogP contribution in [-0.2, 0) is 4.74 Å². The number of hydrogen-bond donors (Lipinski definition) is 1. The molecule has 0 aliphatic heterocycles. The first-order chi connectivity index (χ1) is 9.74. The predicted molar refractivity (Wildman–Crippen MR) is 76.6 cm³/mol. The number of ether oxygens (including phenoxy) is 3. The van der Waals surface area contributed by atoms with Gasteiger partial charge in [0.05, 0.1) is 19.3 Å². The van der Waals surface area contributed by atoms with Gasteiger partial charge in [-0.05, 0) is 24.4 Å². The molecule has 0 unspecified atom stereocenters. The molecule has 7 heteroatoms. The fourth-order valence-corrected chi connectivity index (χ4v) is 1.79. The smallest absolute Gasteiger partial charge is 0.297 e. The second kappa shape index (κ2) is 6.97. The molecule has 2 rings (SSSR count). The highest BCUT2D eigenvalue weighted by atomic mass is 32.1. The van der Waals surface area contributed by atoms with Crippen LogP contribution >= 0.6 is 12.2 Å². The Kier molecular flexibility index (Phi) is 5.03. The van der Waals surface area contributed by atoms with Crippen LogP contribution in [0.15, 0.2) is 24.3 Å². The van der Waals surface area contributed by atoms with Crippen molar-refractivity contribution in [2.75, 3.05) is 27.4 Å². The molecule has 20 heavy (non-hydrogen) atoms. The standard InChI is InChI=1S/C13H15N3O3S/c1-17-7-8-19-10-6-4-3-5-9(10)11-14-12(18-2)16-13(20)15-11/h3-6H,7-8H2,1-2H3,(H,14,15,16,20). The van der Waals surface area contributed by atoms with Gasteiger partial charge in [-0.15, -0.1) is 0 Å². The Morgan fingerprint density at radius 1 is 1.15 bits per heavy atom. The van der Waals surface area contributed by atoms with Crippen molar-refractivity contribution in [1.82, 2.24) is 15.0 Å². The van der Waals surface area contributed by atoms with Gasteiger partial charge in [0.2, 0.25) is 4.77 Å². The van der Waals surface area contributed by atoms with Crippen LogP contribution in [0.5, 0.6) is 11.8 Å². The largest absolute Gasteiger partial charge is 0.490 e. The summed E-state index contributed by atoms with van der Waals surface area (Å²) in [5.74, 6) is 1.24. The Morgan fingerprint density at radius 3 is 2.70 bits per heavy atom. The maximum absolute atomic E-state index is 5.67. The van der Waals surface area contributed by atoms with Crippen LogP contribution in [0.2, 0.25) is 0 Å². The number of aromatic nitrogens is 3. The molecular formula is C13H15N3O3S. The van der Waals surface area contributed by atoms with E-state index in [4.69, 9.17) is 26.4 Å². The van der Waals surface area contributed by atoms with Crippen LogP contribution in [-0.4, -0.2) is 42.4 Å². The topological polar surface area (TPSA) is 69.3 Å². The number of benzene rings is 1. The van der Waals surface area contributed by atoms with Gasteiger partial charge in [0, 0.05) is 7.11 Å². The summed E-state index contributed by atoms with van der Waals surface area (Å²) in [5, 5.41) is 0. The van der Waals surface area contributed by atoms with E-state index in [1.54, 1.807) is 7.11 Å². The van der Waals surface area contributed by atoms with Gasteiger partial charge in [-0.2, -0.15) is 9.97 Å². The van der Waals surface area contributed by atoms with E-state index in [0.717, 1.165) is 5.56 Å². The summed E-state index contributed by atoms with van der Waals surface area (Å²) in [6, 6.07) is 7.83. The van der Waals surface area contributed by atoms with Crippen LogP contribution in [0.1, 0.15) is 0 Å². The zero-order valence-electron chi connectivity index (χ0n) is 11.3. The van der Waals surface area contributed by atoms with E-state index in [1.807, 2.05) is 24.3 Å². The molecule has 0 aliphatic carbocycles. The number of methoxy groups -OCH3 is 2. The van der Waals surface area contributed by atoms with Crippen LogP contribution in [0.25, 0.3) is 11.4 Å². The molecule has 1 aromatic carbocycles. The Morgan fingerprint density at radius 2 is 1.95 bits per heavy atom. The maximum atomic E-state index is 5.67. The Labute approximate surface area is 121 Å². The van der Waals surface area contributed by atoms with Gasteiger partial charge in [0.1, 0.15) is 18.2 Å². The third-order valence-electron chi connectivity index (χ3n) is 2.51. The number of rotatable bonds is 6. The molecule has 0 radical (unpaired) electrons. The van der Waals surface area contributed by atoms with Crippen LogP contribution in [0.3, 0.4) is 0 Å². The summed E-state index contributed by atoms with van der Waals surface area (Å²) in [7, 11) is 3.14. The Balaban J connectivity index is 2.36. The molecule has 106 valence electrons. The van der Waals surface area contributed by atoms with Gasteiger partial charge in [-0.1, -0.05) is 12.1 Å². The lowest BCUT2D eigenvalue weighted by Crippen LogP contribution is -2.06. The van der Waals surface area contributed by atoms with Gasteiger partial charge >= 0.3 is 0 Å². The van der Waals surface area contributed by atoms with Crippen molar-refractivity contribution in [2.45, 2.75) is 0 Å². The quantitative estimate of drug-likeness (QED) is 0.650. The highest BCUT2D eigenvalue weighted by Gasteiger charge is 2.09. The molecule has 1 aromatic heterocycles. The molecule has 0 saturated heterocycles. The molecule has 6 nitrogen and oxygen atoms in total. The average molecular weight is 293 g/mol. The molecule has 0 fully saturated rings. The van der Waals surface area contributed by atoms with Crippen molar-refractivity contribution in [2.24, 2.45) is 0 Å². The van der Waals surface area contributed by atoms with Gasteiger partial charge in [0.25, 0.3) is 6.01 Å². The number of nitrogens with one attached hydrogen (secondary N) is 1. The minimum atomic E-state index is 0.210. The van der Waals surface area contributed by atoms with E-state index in [1.165, 1.54) is 7.11 Å². The lowest BCUT2D eigenvalue weighted by Gasteiger charge is -2.11. The summed E-state index contributed by atoms with van der Waals surface area (Å²) in [6.45, 7) is 0.966. The van der Waals surface area contributed by atoms with E-state index in [2.05, 4.69) is 15.0 Å². The fraction of sp³-hybridized carbons (Fsp3) is 0.308. The molecule has 1 heterocycles. The summed E-state index contributed by atoms with van der Waals surface area (Å²) in [6.07, 6.45) is 0. The monoisotopic (exact) mass is 293 g/mol. The number of hydrogen-bond acceptors (Lipinski definition) is 6. The molecule has 2 aromatic rings. The van der Waals surface area contributed by atoms with Crippen LogP contribution in [0, 0.1) is 4.77 Å². The fourth-order valence-electron chi connectivity index (χ4n) is 1.61. The minimum absolute atomic E-state index is 0.210. The van der Waals surface area contributed by atoms with Gasteiger partial charge in [-0.25, -0.2) is 0 Å². The lowest BCUT2D eigenvalue weighted by atomic mass is 10.2. The Bertz CT molecular complexity index is 630. The van der Waals surface area contributed by atoms with Gasteiger partial charge in [0.15, 0.2) is 0 Å². The molecule has 0 aliphatic rings. The number of aromatic amines is 1. The molecule has 1 N–H and O–H groups in total. The number of H-pyrrole nitrogens is 1. The van der Waals surface area contributed by atoms with Crippen molar-refractivity contribution >= 4 is 12.2 Å². The SMILES string of the molecule is COCCOc1ccccc1-c1nc(=S)nc(OC)[nH]1. The molecule has 0 bridgehead atoms. The van der Waals surface area contributed by atoms with E-state index in [-0.39, 0.29) is 4.77 Å². The summed E-state index contributed by atoms with van der Waals surface area (Å²) in [4.78, 5) is 11.1. The van der Waals surface area contributed by atoms with Crippen molar-refractivity contribution in [3.8, 4) is 23.1 Å². The molecule has 0 atom stereocenters. The first kappa shape index (κ1) is 14.4. The van der Waals surface area contributed by atoms with E-state index < -0.39 is 0 Å². The van der Waals surface area contributed by atoms with Gasteiger partial charge < -0.3 is 14.2 Å². The predicted octanol–water partition coefficient (Wildman–Crippen LogP) is 2.23. The van der Waals surface area contributed by atoms with Crippen molar-refractivity contribution < 1.29 is 14.2 Å². The summed E-state index contributed by atoms with van der Waals surface area (Å²) in [5.41, 5.74) is 0.787. The highest BCUT2D eigenvalue weighted by Crippen LogP contribution is 2.27. The van der Waals surface area contributed by atoms with Crippen LogP contribution < -0.4 is 9.47 Å². The van der Waals surface area contributed by atoms with Crippen molar-refractivity contribution in [3.63, 3.8) is 0 Å². The number of nitrogens with zero attached hydrogens (tertiary/aromatic N) is 2. The van der Waals surface area contributed by atoms with E-state index in [9.17, 15) is 0 Å². The summed E-state index contributed by atoms with van der Waals surface area (Å²) < 4.78 is 15.9.